The molecule has 2 unspecified atom stereocenters. The van der Waals surface area contributed by atoms with E-state index in [0.29, 0.717) is 18.8 Å². The minimum absolute atomic E-state index is 0.00981. The maximum Gasteiger partial charge on any atom is 0.272 e. The molecule has 2 rings (SSSR count). The van der Waals surface area contributed by atoms with Crippen LogP contribution < -0.4 is 5.32 Å². The first-order chi connectivity index (χ1) is 10.0. The summed E-state index contributed by atoms with van der Waals surface area (Å²) >= 11 is 0. The number of nitrogens with zero attached hydrogens (tertiary/aromatic N) is 2. The predicted molar refractivity (Wildman–Crippen MR) is 83.5 cm³/mol. The van der Waals surface area contributed by atoms with Crippen LogP contribution in [0.5, 0.6) is 0 Å². The molecule has 21 heavy (non-hydrogen) atoms. The van der Waals surface area contributed by atoms with Crippen LogP contribution in [0.25, 0.3) is 0 Å². The van der Waals surface area contributed by atoms with E-state index in [1.165, 1.54) is 0 Å². The van der Waals surface area contributed by atoms with Crippen LogP contribution in [0.15, 0.2) is 18.2 Å². The fraction of sp³-hybridized carbons (Fsp3) is 0.625. The highest BCUT2D eigenvalue weighted by Gasteiger charge is 2.30. The van der Waals surface area contributed by atoms with E-state index in [2.05, 4.69) is 17.2 Å². The zero-order valence-corrected chi connectivity index (χ0v) is 13.3. The molecular formula is C16H25N3O2. The van der Waals surface area contributed by atoms with Crippen LogP contribution in [0.3, 0.4) is 0 Å². The standard InChI is InChI=1S/C16H25N3O2/c1-5-13-10-21-12(4)9-19(13)16(20)14-7-6-8-15(18-14)17-11(2)3/h6-8,11-13H,5,9-10H2,1-4H3,(H,17,18). The molecule has 2 atom stereocenters. The van der Waals surface area contributed by atoms with Crippen LogP contribution in [-0.2, 0) is 4.74 Å². The number of ether oxygens (including phenoxy) is 1. The highest BCUT2D eigenvalue weighted by Crippen LogP contribution is 2.18. The van der Waals surface area contributed by atoms with Gasteiger partial charge in [0.2, 0.25) is 0 Å². The number of hydrogen-bond donors (Lipinski definition) is 1. The highest BCUT2D eigenvalue weighted by molar-refractivity contribution is 5.93. The largest absolute Gasteiger partial charge is 0.375 e. The topological polar surface area (TPSA) is 54.5 Å². The number of nitrogens with one attached hydrogen (secondary N) is 1. The van der Waals surface area contributed by atoms with Crippen molar-refractivity contribution in [2.75, 3.05) is 18.5 Å². The van der Waals surface area contributed by atoms with E-state index in [-0.39, 0.29) is 24.1 Å². The monoisotopic (exact) mass is 291 g/mol. The second-order valence-corrected chi connectivity index (χ2v) is 5.87. The van der Waals surface area contributed by atoms with E-state index >= 15 is 0 Å². The lowest BCUT2D eigenvalue weighted by atomic mass is 10.1. The normalized spacial score (nSPS) is 22.4. The Kier molecular flexibility index (Phi) is 5.17. The summed E-state index contributed by atoms with van der Waals surface area (Å²) in [5.41, 5.74) is 0.494. The molecule has 5 nitrogen and oxygen atoms in total. The van der Waals surface area contributed by atoms with Gasteiger partial charge in [-0.25, -0.2) is 4.98 Å². The number of carbonyl (C=O) groups excluding carboxylic acids is 1. The van der Waals surface area contributed by atoms with Crippen molar-refractivity contribution in [2.45, 2.75) is 52.3 Å². The summed E-state index contributed by atoms with van der Waals surface area (Å²) in [7, 11) is 0. The van der Waals surface area contributed by atoms with Crippen molar-refractivity contribution in [1.29, 1.82) is 0 Å². The lowest BCUT2D eigenvalue weighted by Gasteiger charge is -2.38. The van der Waals surface area contributed by atoms with Crippen LogP contribution in [0, 0.1) is 0 Å². The number of aromatic nitrogens is 1. The third-order valence-corrected chi connectivity index (χ3v) is 3.60. The number of anilines is 1. The molecule has 1 aliphatic heterocycles. The smallest absolute Gasteiger partial charge is 0.272 e. The average molecular weight is 291 g/mol. The molecule has 0 aliphatic carbocycles. The first-order valence-electron chi connectivity index (χ1n) is 7.67. The van der Waals surface area contributed by atoms with E-state index in [1.54, 1.807) is 6.07 Å². The molecule has 0 radical (unpaired) electrons. The third kappa shape index (κ3) is 3.94. The lowest BCUT2D eigenvalue weighted by molar-refractivity contribution is -0.0445. The average Bonchev–Trinajstić information content (AvgIpc) is 2.46. The van der Waals surface area contributed by atoms with E-state index in [1.807, 2.05) is 37.8 Å². The summed E-state index contributed by atoms with van der Waals surface area (Å²) in [6, 6.07) is 5.96. The SMILES string of the molecule is CCC1COC(C)CN1C(=O)c1cccc(NC(C)C)n1. The van der Waals surface area contributed by atoms with Gasteiger partial charge in [-0.1, -0.05) is 13.0 Å². The van der Waals surface area contributed by atoms with E-state index < -0.39 is 0 Å². The minimum atomic E-state index is -0.00981. The van der Waals surface area contributed by atoms with Crippen molar-refractivity contribution in [2.24, 2.45) is 0 Å². The van der Waals surface area contributed by atoms with Crippen molar-refractivity contribution in [3.63, 3.8) is 0 Å². The Balaban J connectivity index is 2.17. The Morgan fingerprint density at radius 2 is 2.29 bits per heavy atom. The van der Waals surface area contributed by atoms with Gasteiger partial charge in [-0.3, -0.25) is 4.79 Å². The van der Waals surface area contributed by atoms with Gasteiger partial charge in [0.25, 0.3) is 5.91 Å². The number of rotatable bonds is 4. The molecule has 0 spiro atoms. The Labute approximate surface area is 126 Å². The number of hydrogen-bond acceptors (Lipinski definition) is 4. The fourth-order valence-electron chi connectivity index (χ4n) is 2.51. The second-order valence-electron chi connectivity index (χ2n) is 5.87. The van der Waals surface area contributed by atoms with Crippen molar-refractivity contribution < 1.29 is 9.53 Å². The molecule has 0 bridgehead atoms. The van der Waals surface area contributed by atoms with Gasteiger partial charge in [0, 0.05) is 12.6 Å². The maximum atomic E-state index is 12.7. The second kappa shape index (κ2) is 6.89. The van der Waals surface area contributed by atoms with Gasteiger partial charge < -0.3 is 15.0 Å². The molecule has 0 saturated carbocycles. The van der Waals surface area contributed by atoms with Crippen LogP contribution in [0.1, 0.15) is 44.6 Å². The predicted octanol–water partition coefficient (Wildman–Crippen LogP) is 2.54. The van der Waals surface area contributed by atoms with Crippen molar-refractivity contribution >= 4 is 11.7 Å². The summed E-state index contributed by atoms with van der Waals surface area (Å²) in [6.45, 7) is 9.40. The van der Waals surface area contributed by atoms with Gasteiger partial charge in [-0.15, -0.1) is 0 Å². The summed E-state index contributed by atoms with van der Waals surface area (Å²) in [5.74, 6) is 0.731. The molecule has 5 heteroatoms. The quantitative estimate of drug-likeness (QED) is 0.926. The first-order valence-corrected chi connectivity index (χ1v) is 7.67. The maximum absolute atomic E-state index is 12.7. The van der Waals surface area contributed by atoms with E-state index in [9.17, 15) is 4.79 Å². The van der Waals surface area contributed by atoms with Gasteiger partial charge in [0.15, 0.2) is 0 Å². The number of carbonyl (C=O) groups is 1. The van der Waals surface area contributed by atoms with Gasteiger partial charge in [0.05, 0.1) is 18.8 Å². The number of pyridine rings is 1. The molecule has 116 valence electrons. The Bertz CT molecular complexity index is 490. The molecule has 1 saturated heterocycles. The molecule has 1 amide bonds. The minimum Gasteiger partial charge on any atom is -0.375 e. The van der Waals surface area contributed by atoms with Crippen LogP contribution in [0.4, 0.5) is 5.82 Å². The molecule has 1 aromatic rings. The summed E-state index contributed by atoms with van der Waals surface area (Å²) in [6.07, 6.45) is 0.969. The highest BCUT2D eigenvalue weighted by atomic mass is 16.5. The van der Waals surface area contributed by atoms with Crippen LogP contribution >= 0.6 is 0 Å². The number of amides is 1. The Hall–Kier alpha value is -1.62. The molecular weight excluding hydrogens is 266 g/mol. The van der Waals surface area contributed by atoms with Gasteiger partial charge >= 0.3 is 0 Å². The lowest BCUT2D eigenvalue weighted by Crippen LogP contribution is -2.51. The van der Waals surface area contributed by atoms with Crippen LogP contribution in [-0.4, -0.2) is 47.1 Å². The van der Waals surface area contributed by atoms with Crippen molar-refractivity contribution in [3.8, 4) is 0 Å². The Morgan fingerprint density at radius 1 is 1.52 bits per heavy atom. The summed E-state index contributed by atoms with van der Waals surface area (Å²) in [4.78, 5) is 19.1. The zero-order chi connectivity index (χ0) is 15.4. The molecule has 1 aliphatic rings. The zero-order valence-electron chi connectivity index (χ0n) is 13.3. The van der Waals surface area contributed by atoms with E-state index in [4.69, 9.17) is 4.74 Å². The summed E-state index contributed by atoms with van der Waals surface area (Å²) < 4.78 is 5.65. The third-order valence-electron chi connectivity index (χ3n) is 3.60. The van der Waals surface area contributed by atoms with Crippen molar-refractivity contribution in [1.82, 2.24) is 9.88 Å². The molecule has 1 fully saturated rings. The number of morpholine rings is 1. The summed E-state index contributed by atoms with van der Waals surface area (Å²) in [5, 5.41) is 3.23. The van der Waals surface area contributed by atoms with Crippen LogP contribution in [0.2, 0.25) is 0 Å². The fourth-order valence-corrected chi connectivity index (χ4v) is 2.51. The molecule has 1 N–H and O–H groups in total. The molecule has 1 aromatic heterocycles. The van der Waals surface area contributed by atoms with Gasteiger partial charge in [-0.2, -0.15) is 0 Å². The molecule has 0 aromatic carbocycles. The first kappa shape index (κ1) is 15.8. The molecule has 2 heterocycles. The van der Waals surface area contributed by atoms with E-state index in [0.717, 1.165) is 12.2 Å². The van der Waals surface area contributed by atoms with Gasteiger partial charge in [0.1, 0.15) is 11.5 Å². The Morgan fingerprint density at radius 3 is 2.95 bits per heavy atom. The van der Waals surface area contributed by atoms with Gasteiger partial charge in [-0.05, 0) is 39.3 Å². The van der Waals surface area contributed by atoms with Crippen molar-refractivity contribution in [3.05, 3.63) is 23.9 Å².